The molecule has 1 aromatic carbocycles. The van der Waals surface area contributed by atoms with Gasteiger partial charge in [-0.2, -0.15) is 0 Å². The second kappa shape index (κ2) is 5.21. The molecule has 0 amide bonds. The third-order valence-corrected chi connectivity index (χ3v) is 3.35. The fourth-order valence-corrected chi connectivity index (χ4v) is 2.45. The third kappa shape index (κ3) is 1.97. The molecule has 2 aromatic rings. The standard InChI is InChI=1S/C15H15NO4/c1-9-11(8-17)14(15(18)19)10(2)16(9)12-6-4-5-7-13(12)20-3/h4-8H,1-3H3,(H,18,19). The van der Waals surface area contributed by atoms with E-state index in [4.69, 9.17) is 4.74 Å². The van der Waals surface area contributed by atoms with E-state index in [9.17, 15) is 14.7 Å². The summed E-state index contributed by atoms with van der Waals surface area (Å²) in [5.41, 5.74) is 2.02. The minimum atomic E-state index is -1.11. The summed E-state index contributed by atoms with van der Waals surface area (Å²) in [7, 11) is 1.55. The molecule has 0 atom stereocenters. The number of carbonyl (C=O) groups excluding carboxylic acids is 1. The van der Waals surface area contributed by atoms with Crippen LogP contribution in [0.15, 0.2) is 24.3 Å². The van der Waals surface area contributed by atoms with Gasteiger partial charge in [-0.3, -0.25) is 4.79 Å². The predicted molar refractivity (Wildman–Crippen MR) is 74.1 cm³/mol. The van der Waals surface area contributed by atoms with Crippen molar-refractivity contribution in [3.05, 3.63) is 46.8 Å². The highest BCUT2D eigenvalue weighted by atomic mass is 16.5. The lowest BCUT2D eigenvalue weighted by atomic mass is 10.1. The normalized spacial score (nSPS) is 10.3. The van der Waals surface area contributed by atoms with Gasteiger partial charge >= 0.3 is 5.97 Å². The summed E-state index contributed by atoms with van der Waals surface area (Å²) < 4.78 is 7.02. The van der Waals surface area contributed by atoms with E-state index in [-0.39, 0.29) is 11.1 Å². The van der Waals surface area contributed by atoms with Crippen molar-refractivity contribution in [2.75, 3.05) is 7.11 Å². The molecule has 0 saturated heterocycles. The van der Waals surface area contributed by atoms with Gasteiger partial charge in [0, 0.05) is 11.4 Å². The maximum atomic E-state index is 11.3. The van der Waals surface area contributed by atoms with Crippen LogP contribution in [0.25, 0.3) is 5.69 Å². The Labute approximate surface area is 116 Å². The largest absolute Gasteiger partial charge is 0.495 e. The molecule has 0 saturated carbocycles. The summed E-state index contributed by atoms with van der Waals surface area (Å²) in [5.74, 6) is -0.496. The summed E-state index contributed by atoms with van der Waals surface area (Å²) in [6.45, 7) is 3.39. The monoisotopic (exact) mass is 273 g/mol. The van der Waals surface area contributed by atoms with E-state index >= 15 is 0 Å². The lowest BCUT2D eigenvalue weighted by Gasteiger charge is -2.13. The number of nitrogens with zero attached hydrogens (tertiary/aromatic N) is 1. The molecule has 1 N–H and O–H groups in total. The molecule has 0 radical (unpaired) electrons. The summed E-state index contributed by atoms with van der Waals surface area (Å²) in [4.78, 5) is 22.5. The summed E-state index contributed by atoms with van der Waals surface area (Å²) in [5, 5.41) is 9.29. The lowest BCUT2D eigenvalue weighted by Crippen LogP contribution is -2.04. The molecular weight excluding hydrogens is 258 g/mol. The maximum absolute atomic E-state index is 11.3. The third-order valence-electron chi connectivity index (χ3n) is 3.35. The summed E-state index contributed by atoms with van der Waals surface area (Å²) in [6, 6.07) is 7.27. The molecule has 2 rings (SSSR count). The molecule has 0 aliphatic carbocycles. The zero-order valence-electron chi connectivity index (χ0n) is 11.5. The Kier molecular flexibility index (Phi) is 3.61. The van der Waals surface area contributed by atoms with E-state index in [2.05, 4.69) is 0 Å². The van der Waals surface area contributed by atoms with Gasteiger partial charge in [0.1, 0.15) is 5.75 Å². The molecule has 0 unspecified atom stereocenters. The number of para-hydroxylation sites is 2. The van der Waals surface area contributed by atoms with Crippen LogP contribution in [-0.4, -0.2) is 29.0 Å². The number of aromatic carboxylic acids is 1. The van der Waals surface area contributed by atoms with Gasteiger partial charge < -0.3 is 14.4 Å². The molecule has 0 spiro atoms. The summed E-state index contributed by atoms with van der Waals surface area (Å²) >= 11 is 0. The first-order valence-electron chi connectivity index (χ1n) is 6.06. The van der Waals surface area contributed by atoms with E-state index in [1.54, 1.807) is 31.6 Å². The van der Waals surface area contributed by atoms with Gasteiger partial charge in [0.15, 0.2) is 6.29 Å². The molecule has 0 fully saturated rings. The molecule has 1 aromatic heterocycles. The number of benzene rings is 1. The first-order valence-corrected chi connectivity index (χ1v) is 6.06. The minimum absolute atomic E-state index is 0.0309. The number of aldehydes is 1. The Morgan fingerprint density at radius 3 is 2.40 bits per heavy atom. The zero-order chi connectivity index (χ0) is 14.9. The topological polar surface area (TPSA) is 68.5 Å². The van der Waals surface area contributed by atoms with Crippen LogP contribution in [0.2, 0.25) is 0 Å². The van der Waals surface area contributed by atoms with E-state index in [0.717, 1.165) is 0 Å². The number of methoxy groups -OCH3 is 1. The molecule has 20 heavy (non-hydrogen) atoms. The molecule has 1 heterocycles. The number of rotatable bonds is 4. The maximum Gasteiger partial charge on any atom is 0.338 e. The predicted octanol–water partition coefficient (Wildman–Crippen LogP) is 2.61. The second-order valence-electron chi connectivity index (χ2n) is 4.39. The van der Waals surface area contributed by atoms with Crippen molar-refractivity contribution in [1.82, 2.24) is 4.57 Å². The molecule has 0 aliphatic rings. The van der Waals surface area contributed by atoms with Gasteiger partial charge in [-0.15, -0.1) is 0 Å². The van der Waals surface area contributed by atoms with Gasteiger partial charge in [0.2, 0.25) is 0 Å². The van der Waals surface area contributed by atoms with Gasteiger partial charge in [-0.1, -0.05) is 12.1 Å². The van der Waals surface area contributed by atoms with Crippen LogP contribution >= 0.6 is 0 Å². The molecule has 5 nitrogen and oxygen atoms in total. The highest BCUT2D eigenvalue weighted by Crippen LogP contribution is 2.30. The molecule has 0 bridgehead atoms. The highest BCUT2D eigenvalue weighted by Gasteiger charge is 2.24. The molecule has 5 heteroatoms. The van der Waals surface area contributed by atoms with Gasteiger partial charge in [-0.25, -0.2) is 4.79 Å². The van der Waals surface area contributed by atoms with Crippen LogP contribution in [0.3, 0.4) is 0 Å². The van der Waals surface area contributed by atoms with Crippen molar-refractivity contribution in [3.63, 3.8) is 0 Å². The van der Waals surface area contributed by atoms with E-state index in [0.29, 0.717) is 29.1 Å². The number of ether oxygens (including phenoxy) is 1. The van der Waals surface area contributed by atoms with Crippen LogP contribution in [0.5, 0.6) is 5.75 Å². The number of carboxylic acid groups (broad SMARTS) is 1. The number of carboxylic acids is 1. The van der Waals surface area contributed by atoms with E-state index in [1.165, 1.54) is 0 Å². The molecule has 0 aliphatic heterocycles. The summed E-state index contributed by atoms with van der Waals surface area (Å²) in [6.07, 6.45) is 0.581. The van der Waals surface area contributed by atoms with Crippen LogP contribution in [-0.2, 0) is 0 Å². The minimum Gasteiger partial charge on any atom is -0.495 e. The number of hydrogen-bond donors (Lipinski definition) is 1. The number of carbonyl (C=O) groups is 2. The van der Waals surface area contributed by atoms with Gasteiger partial charge in [0.25, 0.3) is 0 Å². The Morgan fingerprint density at radius 1 is 1.25 bits per heavy atom. The zero-order valence-corrected chi connectivity index (χ0v) is 11.5. The SMILES string of the molecule is COc1ccccc1-n1c(C)c(C=O)c(C(=O)O)c1C. The van der Waals surface area contributed by atoms with Crippen LogP contribution in [0, 0.1) is 13.8 Å². The number of hydrogen-bond acceptors (Lipinski definition) is 3. The quantitative estimate of drug-likeness (QED) is 0.869. The Bertz CT molecular complexity index is 685. The van der Waals surface area contributed by atoms with Crippen LogP contribution < -0.4 is 4.74 Å². The Hall–Kier alpha value is -2.56. The van der Waals surface area contributed by atoms with Crippen molar-refractivity contribution in [2.45, 2.75) is 13.8 Å². The smallest absolute Gasteiger partial charge is 0.338 e. The Morgan fingerprint density at radius 2 is 1.90 bits per heavy atom. The number of aromatic nitrogens is 1. The van der Waals surface area contributed by atoms with Gasteiger partial charge in [0.05, 0.1) is 23.9 Å². The average Bonchev–Trinajstić information content (AvgIpc) is 2.69. The molecule has 104 valence electrons. The molecular formula is C15H15NO4. The first-order chi connectivity index (χ1) is 9.52. The fraction of sp³-hybridized carbons (Fsp3) is 0.200. The van der Waals surface area contributed by atoms with E-state index in [1.807, 2.05) is 18.2 Å². The van der Waals surface area contributed by atoms with Crippen molar-refractivity contribution in [1.29, 1.82) is 0 Å². The van der Waals surface area contributed by atoms with Crippen molar-refractivity contribution < 1.29 is 19.4 Å². The van der Waals surface area contributed by atoms with Crippen LogP contribution in [0.1, 0.15) is 32.1 Å². The Balaban J connectivity index is 2.82. The van der Waals surface area contributed by atoms with Crippen LogP contribution in [0.4, 0.5) is 0 Å². The van der Waals surface area contributed by atoms with Crippen molar-refractivity contribution in [2.24, 2.45) is 0 Å². The average molecular weight is 273 g/mol. The lowest BCUT2D eigenvalue weighted by molar-refractivity contribution is 0.0693. The fourth-order valence-electron chi connectivity index (χ4n) is 2.45. The van der Waals surface area contributed by atoms with Crippen molar-refractivity contribution in [3.8, 4) is 11.4 Å². The second-order valence-corrected chi connectivity index (χ2v) is 4.39. The van der Waals surface area contributed by atoms with Gasteiger partial charge in [-0.05, 0) is 26.0 Å². The van der Waals surface area contributed by atoms with E-state index < -0.39 is 5.97 Å². The van der Waals surface area contributed by atoms with Crippen molar-refractivity contribution >= 4 is 12.3 Å². The highest BCUT2D eigenvalue weighted by molar-refractivity contribution is 5.99. The first kappa shape index (κ1) is 13.9.